The van der Waals surface area contributed by atoms with Crippen molar-refractivity contribution in [3.8, 4) is 0 Å². The number of fused-ring (bicyclic) bond motifs is 1. The number of rotatable bonds is 7. The van der Waals surface area contributed by atoms with Crippen molar-refractivity contribution >= 4 is 61.7 Å². The maximum atomic E-state index is 13.0. The first-order valence-corrected chi connectivity index (χ1v) is 11.4. The van der Waals surface area contributed by atoms with E-state index in [2.05, 4.69) is 15.3 Å². The number of hydrogen-bond donors (Lipinski definition) is 1. The molecule has 4 aromatic rings. The van der Waals surface area contributed by atoms with Gasteiger partial charge in [-0.2, -0.15) is 0 Å². The Labute approximate surface area is 182 Å². The molecule has 0 saturated carbocycles. The van der Waals surface area contributed by atoms with Crippen LogP contribution in [0.1, 0.15) is 15.9 Å². The molecule has 3 aromatic heterocycles. The predicted octanol–water partition coefficient (Wildman–Crippen LogP) is 2.06. The molecule has 0 unspecified atom stereocenters. The number of thioether (sulfide) groups is 1. The van der Waals surface area contributed by atoms with Crippen LogP contribution in [0.5, 0.6) is 0 Å². The molecule has 0 bridgehead atoms. The lowest BCUT2D eigenvalue weighted by Crippen LogP contribution is -2.24. The number of benzene rings is 1. The Bertz CT molecular complexity index is 1260. The summed E-state index contributed by atoms with van der Waals surface area (Å²) in [4.78, 5) is 44.7. The summed E-state index contributed by atoms with van der Waals surface area (Å²) in [5.74, 6) is -1.45. The SMILES string of the molecule is O=C(CSc1nc2ccsc2c(=O)n1Cc1ccc(C(=O)[O-])cc1)Nc1nccs1. The molecule has 1 aromatic carbocycles. The van der Waals surface area contributed by atoms with Crippen LogP contribution in [0, 0.1) is 0 Å². The highest BCUT2D eigenvalue weighted by molar-refractivity contribution is 7.99. The van der Waals surface area contributed by atoms with Gasteiger partial charge in [0, 0.05) is 11.6 Å². The number of aromatic nitrogens is 3. The summed E-state index contributed by atoms with van der Waals surface area (Å²) in [7, 11) is 0. The van der Waals surface area contributed by atoms with Gasteiger partial charge in [0.25, 0.3) is 5.56 Å². The van der Waals surface area contributed by atoms with Crippen LogP contribution in [0.25, 0.3) is 10.2 Å². The Balaban J connectivity index is 1.60. The lowest BCUT2D eigenvalue weighted by molar-refractivity contribution is -0.255. The van der Waals surface area contributed by atoms with E-state index in [9.17, 15) is 19.5 Å². The number of anilines is 1. The van der Waals surface area contributed by atoms with Crippen molar-refractivity contribution in [2.24, 2.45) is 0 Å². The van der Waals surface area contributed by atoms with Gasteiger partial charge in [-0.1, -0.05) is 36.0 Å². The fraction of sp³-hybridized carbons (Fsp3) is 0.105. The number of thiazole rings is 1. The second-order valence-corrected chi connectivity index (χ2v) is 8.83. The molecule has 0 saturated heterocycles. The van der Waals surface area contributed by atoms with E-state index in [1.165, 1.54) is 39.4 Å². The molecule has 30 heavy (non-hydrogen) atoms. The summed E-state index contributed by atoms with van der Waals surface area (Å²) in [5, 5.41) is 18.1. The number of hydrogen-bond acceptors (Lipinski definition) is 9. The first kappa shape index (κ1) is 20.3. The lowest BCUT2D eigenvalue weighted by Gasteiger charge is -2.12. The van der Waals surface area contributed by atoms with Crippen LogP contribution in [0.2, 0.25) is 0 Å². The third-order valence-electron chi connectivity index (χ3n) is 4.07. The van der Waals surface area contributed by atoms with Crippen molar-refractivity contribution < 1.29 is 14.7 Å². The van der Waals surface area contributed by atoms with Gasteiger partial charge < -0.3 is 15.2 Å². The number of amides is 1. The molecular weight excluding hydrogens is 444 g/mol. The van der Waals surface area contributed by atoms with Crippen LogP contribution < -0.4 is 16.0 Å². The zero-order chi connectivity index (χ0) is 21.1. The van der Waals surface area contributed by atoms with E-state index in [-0.39, 0.29) is 29.3 Å². The zero-order valence-corrected chi connectivity index (χ0v) is 17.7. The number of nitrogens with zero attached hydrogens (tertiary/aromatic N) is 3. The third kappa shape index (κ3) is 4.42. The molecule has 0 aliphatic rings. The average Bonchev–Trinajstić information content (AvgIpc) is 3.41. The zero-order valence-electron chi connectivity index (χ0n) is 15.2. The Kier molecular flexibility index (Phi) is 5.93. The summed E-state index contributed by atoms with van der Waals surface area (Å²) in [6.45, 7) is 0.198. The quantitative estimate of drug-likeness (QED) is 0.333. The maximum Gasteiger partial charge on any atom is 0.272 e. The van der Waals surface area contributed by atoms with E-state index in [0.29, 0.717) is 20.5 Å². The number of aromatic carboxylic acids is 1. The summed E-state index contributed by atoms with van der Waals surface area (Å²) in [6, 6.07) is 7.88. The minimum atomic E-state index is -1.26. The fourth-order valence-corrected chi connectivity index (χ4v) is 4.79. The van der Waals surface area contributed by atoms with Crippen molar-refractivity contribution in [3.05, 3.63) is 68.8 Å². The van der Waals surface area contributed by atoms with E-state index in [4.69, 9.17) is 0 Å². The molecule has 0 atom stereocenters. The molecule has 4 rings (SSSR count). The monoisotopic (exact) mass is 457 g/mol. The molecule has 0 radical (unpaired) electrons. The van der Waals surface area contributed by atoms with Gasteiger partial charge in [-0.05, 0) is 22.6 Å². The van der Waals surface area contributed by atoms with Crippen molar-refractivity contribution in [1.29, 1.82) is 0 Å². The maximum absolute atomic E-state index is 13.0. The minimum absolute atomic E-state index is 0.0608. The van der Waals surface area contributed by atoms with Gasteiger partial charge in [-0.25, -0.2) is 9.97 Å². The summed E-state index contributed by atoms with van der Waals surface area (Å²) in [5.41, 5.74) is 1.17. The van der Waals surface area contributed by atoms with Gasteiger partial charge >= 0.3 is 0 Å². The number of nitrogens with one attached hydrogen (secondary N) is 1. The van der Waals surface area contributed by atoms with Crippen molar-refractivity contribution in [3.63, 3.8) is 0 Å². The van der Waals surface area contributed by atoms with Crippen molar-refractivity contribution in [2.45, 2.75) is 11.7 Å². The Morgan fingerprint density at radius 1 is 1.13 bits per heavy atom. The Morgan fingerprint density at radius 2 is 1.93 bits per heavy atom. The van der Waals surface area contributed by atoms with Crippen LogP contribution in [-0.4, -0.2) is 32.2 Å². The van der Waals surface area contributed by atoms with Gasteiger partial charge in [0.05, 0.1) is 23.8 Å². The molecule has 0 aliphatic carbocycles. The van der Waals surface area contributed by atoms with E-state index in [1.54, 1.807) is 35.2 Å². The highest BCUT2D eigenvalue weighted by Gasteiger charge is 2.15. The van der Waals surface area contributed by atoms with E-state index >= 15 is 0 Å². The van der Waals surface area contributed by atoms with Crippen molar-refractivity contribution in [1.82, 2.24) is 14.5 Å². The van der Waals surface area contributed by atoms with Gasteiger partial charge in [0.2, 0.25) is 5.91 Å². The first-order valence-electron chi connectivity index (χ1n) is 8.62. The molecule has 8 nitrogen and oxygen atoms in total. The van der Waals surface area contributed by atoms with Gasteiger partial charge in [0.15, 0.2) is 10.3 Å². The second-order valence-electron chi connectivity index (χ2n) is 6.08. The van der Waals surface area contributed by atoms with Gasteiger partial charge in [0.1, 0.15) is 4.70 Å². The van der Waals surface area contributed by atoms with Crippen LogP contribution in [0.3, 0.4) is 0 Å². The number of carbonyl (C=O) groups excluding carboxylic acids is 2. The van der Waals surface area contributed by atoms with Crippen molar-refractivity contribution in [2.75, 3.05) is 11.1 Å². The number of thiophene rings is 1. The molecule has 0 fully saturated rings. The normalized spacial score (nSPS) is 10.9. The predicted molar refractivity (Wildman–Crippen MR) is 115 cm³/mol. The molecule has 0 aliphatic heterocycles. The van der Waals surface area contributed by atoms with E-state index in [0.717, 1.165) is 17.3 Å². The molecule has 0 spiro atoms. The molecule has 11 heteroatoms. The average molecular weight is 458 g/mol. The smallest absolute Gasteiger partial charge is 0.272 e. The molecule has 3 heterocycles. The Hall–Kier alpha value is -3.02. The molecule has 152 valence electrons. The second kappa shape index (κ2) is 8.78. The number of carboxylic acids is 1. The largest absolute Gasteiger partial charge is 0.545 e. The Morgan fingerprint density at radius 3 is 2.63 bits per heavy atom. The summed E-state index contributed by atoms with van der Waals surface area (Å²) < 4.78 is 2.02. The first-order chi connectivity index (χ1) is 14.5. The van der Waals surface area contributed by atoms with Gasteiger partial charge in [-0.15, -0.1) is 22.7 Å². The number of carboxylic acid groups (broad SMARTS) is 1. The standard InChI is InChI=1S/C19H14N4O4S3/c24-14(22-18-20-6-8-29-18)10-30-19-21-13-5-7-28-15(13)16(25)23(19)9-11-1-3-12(4-2-11)17(26)27/h1-8H,9-10H2,(H,26,27)(H,20,22,24)/p-1. The highest BCUT2D eigenvalue weighted by atomic mass is 32.2. The lowest BCUT2D eigenvalue weighted by atomic mass is 10.1. The molecule has 1 amide bonds. The van der Waals surface area contributed by atoms with E-state index in [1.807, 2.05) is 0 Å². The topological polar surface area (TPSA) is 117 Å². The van der Waals surface area contributed by atoms with Gasteiger partial charge in [-0.3, -0.25) is 14.2 Å². The minimum Gasteiger partial charge on any atom is -0.545 e. The van der Waals surface area contributed by atoms with E-state index < -0.39 is 5.97 Å². The van der Waals surface area contributed by atoms with Crippen LogP contribution >= 0.6 is 34.4 Å². The fourth-order valence-electron chi connectivity index (χ4n) is 2.67. The van der Waals surface area contributed by atoms with Crippen LogP contribution in [0.15, 0.2) is 57.2 Å². The number of carbonyl (C=O) groups is 2. The van der Waals surface area contributed by atoms with Crippen LogP contribution in [0.4, 0.5) is 5.13 Å². The molecular formula is C19H13N4O4S3-. The third-order valence-corrected chi connectivity index (χ3v) is 6.63. The van der Waals surface area contributed by atoms with Crippen LogP contribution in [-0.2, 0) is 11.3 Å². The summed E-state index contributed by atoms with van der Waals surface area (Å²) >= 11 is 3.78. The molecule has 1 N–H and O–H groups in total. The summed E-state index contributed by atoms with van der Waals surface area (Å²) in [6.07, 6.45) is 1.60. The highest BCUT2D eigenvalue weighted by Crippen LogP contribution is 2.22.